The van der Waals surface area contributed by atoms with Gasteiger partial charge in [-0.2, -0.15) is 5.10 Å². The Morgan fingerprint density at radius 3 is 2.78 bits per heavy atom. The minimum Gasteiger partial charge on any atom is -0.346 e. The van der Waals surface area contributed by atoms with Gasteiger partial charge in [0.15, 0.2) is 5.82 Å². The zero-order valence-electron chi connectivity index (χ0n) is 12.9. The lowest BCUT2D eigenvalue weighted by atomic mass is 10.2. The summed E-state index contributed by atoms with van der Waals surface area (Å²) in [4.78, 5) is 20.9. The molecule has 0 saturated heterocycles. The number of aromatic nitrogens is 4. The Bertz CT molecular complexity index is 796. The Hall–Kier alpha value is -2.54. The van der Waals surface area contributed by atoms with Crippen LogP contribution in [-0.4, -0.2) is 26.1 Å². The molecule has 2 aromatic heterocycles. The Morgan fingerprint density at radius 1 is 1.30 bits per heavy atom. The predicted molar refractivity (Wildman–Crippen MR) is 88.9 cm³/mol. The van der Waals surface area contributed by atoms with Gasteiger partial charge in [-0.15, -0.1) is 11.3 Å². The Morgan fingerprint density at radius 2 is 2.09 bits per heavy atom. The van der Waals surface area contributed by atoms with Crippen molar-refractivity contribution in [3.05, 3.63) is 53.1 Å². The van der Waals surface area contributed by atoms with Crippen LogP contribution in [0.25, 0.3) is 10.6 Å². The molecule has 0 aliphatic heterocycles. The van der Waals surface area contributed by atoms with E-state index in [0.29, 0.717) is 5.82 Å². The number of benzene rings is 1. The lowest BCUT2D eigenvalue weighted by Crippen LogP contribution is -2.28. The fraction of sp³-hybridized carbons (Fsp3) is 0.250. The summed E-state index contributed by atoms with van der Waals surface area (Å²) >= 11 is 1.54. The molecule has 6 nitrogen and oxygen atoms in total. The van der Waals surface area contributed by atoms with E-state index >= 15 is 0 Å². The van der Waals surface area contributed by atoms with Crippen LogP contribution in [0.5, 0.6) is 0 Å². The van der Waals surface area contributed by atoms with Gasteiger partial charge in [-0.3, -0.25) is 9.89 Å². The molecule has 0 saturated carbocycles. The molecule has 2 heterocycles. The smallest absolute Gasteiger partial charge is 0.226 e. The first-order chi connectivity index (χ1) is 11.1. The number of rotatable bonds is 5. The van der Waals surface area contributed by atoms with E-state index in [0.717, 1.165) is 22.1 Å². The number of nitrogens with zero attached hydrogens (tertiary/aromatic N) is 3. The van der Waals surface area contributed by atoms with Crippen LogP contribution in [0, 0.1) is 6.92 Å². The fourth-order valence-corrected chi connectivity index (χ4v) is 3.00. The third-order valence-electron chi connectivity index (χ3n) is 3.29. The molecule has 0 aliphatic rings. The van der Waals surface area contributed by atoms with Crippen LogP contribution in [0.1, 0.15) is 30.3 Å². The highest BCUT2D eigenvalue weighted by Crippen LogP contribution is 2.23. The summed E-state index contributed by atoms with van der Waals surface area (Å²) in [5, 5.41) is 12.6. The van der Waals surface area contributed by atoms with Crippen molar-refractivity contribution in [2.45, 2.75) is 26.3 Å². The predicted octanol–water partition coefficient (Wildman–Crippen LogP) is 2.66. The van der Waals surface area contributed by atoms with Crippen molar-refractivity contribution in [2.24, 2.45) is 0 Å². The van der Waals surface area contributed by atoms with E-state index in [9.17, 15) is 4.79 Å². The third-order valence-corrected chi connectivity index (χ3v) is 4.23. The third kappa shape index (κ3) is 3.81. The van der Waals surface area contributed by atoms with Crippen molar-refractivity contribution < 1.29 is 4.79 Å². The zero-order chi connectivity index (χ0) is 16.2. The molecule has 1 atom stereocenters. The van der Waals surface area contributed by atoms with Crippen LogP contribution < -0.4 is 5.32 Å². The molecule has 0 radical (unpaired) electrons. The molecule has 3 aromatic rings. The van der Waals surface area contributed by atoms with Gasteiger partial charge in [0.1, 0.15) is 10.8 Å². The number of thiazole rings is 1. The molecular weight excluding hydrogens is 310 g/mol. The van der Waals surface area contributed by atoms with Gasteiger partial charge in [0.25, 0.3) is 0 Å². The van der Waals surface area contributed by atoms with Gasteiger partial charge in [-0.25, -0.2) is 9.97 Å². The SMILES string of the molecule is Cc1nc([C@H](C)NC(=O)Cc2csc(-c3ccccc3)n2)n[nH]1. The second-order valence-electron chi connectivity index (χ2n) is 5.26. The summed E-state index contributed by atoms with van der Waals surface area (Å²) in [6.45, 7) is 3.68. The Balaban J connectivity index is 1.61. The number of H-pyrrole nitrogens is 1. The molecule has 0 fully saturated rings. The summed E-state index contributed by atoms with van der Waals surface area (Å²) in [7, 11) is 0. The van der Waals surface area contributed by atoms with Gasteiger partial charge < -0.3 is 5.32 Å². The van der Waals surface area contributed by atoms with Crippen molar-refractivity contribution in [1.82, 2.24) is 25.5 Å². The molecule has 118 valence electrons. The maximum absolute atomic E-state index is 12.1. The molecule has 1 aromatic carbocycles. The second kappa shape index (κ2) is 6.70. The van der Waals surface area contributed by atoms with Crippen LogP contribution in [0.15, 0.2) is 35.7 Å². The number of nitrogens with one attached hydrogen (secondary N) is 2. The quantitative estimate of drug-likeness (QED) is 0.754. The molecule has 1 amide bonds. The normalized spacial score (nSPS) is 12.1. The second-order valence-corrected chi connectivity index (χ2v) is 6.11. The molecule has 0 spiro atoms. The van der Waals surface area contributed by atoms with E-state index in [2.05, 4.69) is 25.5 Å². The van der Waals surface area contributed by atoms with E-state index in [-0.39, 0.29) is 18.4 Å². The van der Waals surface area contributed by atoms with Crippen molar-refractivity contribution in [3.8, 4) is 10.6 Å². The van der Waals surface area contributed by atoms with E-state index in [4.69, 9.17) is 0 Å². The number of aromatic amines is 1. The summed E-state index contributed by atoms with van der Waals surface area (Å²) < 4.78 is 0. The highest BCUT2D eigenvalue weighted by Gasteiger charge is 2.15. The van der Waals surface area contributed by atoms with Crippen molar-refractivity contribution >= 4 is 17.2 Å². The highest BCUT2D eigenvalue weighted by molar-refractivity contribution is 7.13. The fourth-order valence-electron chi connectivity index (χ4n) is 2.18. The van der Waals surface area contributed by atoms with Crippen LogP contribution >= 0.6 is 11.3 Å². The van der Waals surface area contributed by atoms with Gasteiger partial charge in [0.2, 0.25) is 5.91 Å². The van der Waals surface area contributed by atoms with E-state index in [1.165, 1.54) is 0 Å². The van der Waals surface area contributed by atoms with E-state index < -0.39 is 0 Å². The van der Waals surface area contributed by atoms with Crippen molar-refractivity contribution in [3.63, 3.8) is 0 Å². The average Bonchev–Trinajstić information content (AvgIpc) is 3.17. The lowest BCUT2D eigenvalue weighted by Gasteiger charge is -2.09. The molecule has 0 bridgehead atoms. The summed E-state index contributed by atoms with van der Waals surface area (Å²) in [6, 6.07) is 9.71. The molecule has 3 rings (SSSR count). The first kappa shape index (κ1) is 15.4. The highest BCUT2D eigenvalue weighted by atomic mass is 32.1. The van der Waals surface area contributed by atoms with Crippen LogP contribution in [-0.2, 0) is 11.2 Å². The minimum atomic E-state index is -0.236. The summed E-state index contributed by atoms with van der Waals surface area (Å²) in [5.41, 5.74) is 1.83. The minimum absolute atomic E-state index is 0.0927. The molecule has 23 heavy (non-hydrogen) atoms. The molecule has 0 unspecified atom stereocenters. The maximum atomic E-state index is 12.1. The standard InChI is InChI=1S/C16H17N5OS/c1-10(15-18-11(2)20-21-15)17-14(22)8-13-9-23-16(19-13)12-6-4-3-5-7-12/h3-7,9-10H,8H2,1-2H3,(H,17,22)(H,18,20,21)/t10-/m0/s1. The molecular formula is C16H17N5OS. The first-order valence-corrected chi connectivity index (χ1v) is 8.18. The first-order valence-electron chi connectivity index (χ1n) is 7.30. The van der Waals surface area contributed by atoms with Gasteiger partial charge in [-0.05, 0) is 13.8 Å². The summed E-state index contributed by atoms with van der Waals surface area (Å²) in [6.07, 6.45) is 0.247. The average molecular weight is 327 g/mol. The van der Waals surface area contributed by atoms with Gasteiger partial charge in [0, 0.05) is 10.9 Å². The molecule has 0 aliphatic carbocycles. The molecule has 7 heteroatoms. The molecule has 2 N–H and O–H groups in total. The van der Waals surface area contributed by atoms with Gasteiger partial charge in [0.05, 0.1) is 18.2 Å². The van der Waals surface area contributed by atoms with Gasteiger partial charge in [-0.1, -0.05) is 30.3 Å². The van der Waals surface area contributed by atoms with E-state index in [1.54, 1.807) is 11.3 Å². The Labute approximate surface area is 138 Å². The van der Waals surface area contributed by atoms with Gasteiger partial charge >= 0.3 is 0 Å². The maximum Gasteiger partial charge on any atom is 0.226 e. The van der Waals surface area contributed by atoms with Crippen LogP contribution in [0.4, 0.5) is 0 Å². The number of carbonyl (C=O) groups is 1. The largest absolute Gasteiger partial charge is 0.346 e. The van der Waals surface area contributed by atoms with Crippen molar-refractivity contribution in [2.75, 3.05) is 0 Å². The van der Waals surface area contributed by atoms with Crippen molar-refractivity contribution in [1.29, 1.82) is 0 Å². The Kier molecular flexibility index (Phi) is 4.47. The number of aryl methyl sites for hydroxylation is 1. The number of hydrogen-bond donors (Lipinski definition) is 2. The lowest BCUT2D eigenvalue weighted by molar-refractivity contribution is -0.121. The van der Waals surface area contributed by atoms with Crippen LogP contribution in [0.3, 0.4) is 0 Å². The summed E-state index contributed by atoms with van der Waals surface area (Å²) in [5.74, 6) is 1.22. The van der Waals surface area contributed by atoms with E-state index in [1.807, 2.05) is 49.6 Å². The monoisotopic (exact) mass is 327 g/mol. The number of amides is 1. The van der Waals surface area contributed by atoms with Crippen LogP contribution in [0.2, 0.25) is 0 Å². The zero-order valence-corrected chi connectivity index (χ0v) is 13.7. The topological polar surface area (TPSA) is 83.6 Å². The number of hydrogen-bond acceptors (Lipinski definition) is 5. The number of carbonyl (C=O) groups excluding carboxylic acids is 1.